The Bertz CT molecular complexity index is 369. The largest absolute Gasteiger partial charge is 0.491 e. The molecule has 0 aliphatic carbocycles. The van der Waals surface area contributed by atoms with Crippen molar-refractivity contribution in [3.63, 3.8) is 0 Å². The fourth-order valence-electron chi connectivity index (χ4n) is 1.28. The number of rotatable bonds is 6. The first-order valence-electron chi connectivity index (χ1n) is 5.49. The van der Waals surface area contributed by atoms with E-state index in [2.05, 4.69) is 13.0 Å². The van der Waals surface area contributed by atoms with Crippen LogP contribution in [0.3, 0.4) is 0 Å². The van der Waals surface area contributed by atoms with Gasteiger partial charge in [-0.15, -0.1) is 0 Å². The third-order valence-corrected chi connectivity index (χ3v) is 2.15. The quantitative estimate of drug-likeness (QED) is 0.691. The van der Waals surface area contributed by atoms with Crippen LogP contribution in [0.1, 0.15) is 24.5 Å². The Hall–Kier alpha value is -1.53. The average Bonchev–Trinajstić information content (AvgIpc) is 2.31. The van der Waals surface area contributed by atoms with Gasteiger partial charge in [0.2, 0.25) is 0 Å². The van der Waals surface area contributed by atoms with Gasteiger partial charge in [-0.3, -0.25) is 0 Å². The Balaban J connectivity index is 2.44. The molecular weight excluding hydrogens is 202 g/mol. The molecule has 1 aromatic rings. The van der Waals surface area contributed by atoms with E-state index in [-0.39, 0.29) is 0 Å². The third kappa shape index (κ3) is 3.92. The van der Waals surface area contributed by atoms with E-state index in [4.69, 9.17) is 14.7 Å². The van der Waals surface area contributed by atoms with Crippen LogP contribution in [0.5, 0.6) is 5.75 Å². The highest BCUT2D eigenvalue weighted by atomic mass is 16.5. The molecule has 0 atom stereocenters. The lowest BCUT2D eigenvalue weighted by Gasteiger charge is -2.09. The smallest absolute Gasteiger partial charge is 0.123 e. The molecule has 1 aromatic carbocycles. The first-order valence-corrected chi connectivity index (χ1v) is 5.49. The first kappa shape index (κ1) is 12.5. The minimum atomic E-state index is 0.524. The maximum Gasteiger partial charge on any atom is 0.123 e. The highest BCUT2D eigenvalue weighted by molar-refractivity contribution is 5.41. The van der Waals surface area contributed by atoms with E-state index in [0.717, 1.165) is 24.3 Å². The molecule has 0 amide bonds. The second kappa shape index (κ2) is 6.86. The molecule has 1 rings (SSSR count). The van der Waals surface area contributed by atoms with Gasteiger partial charge in [-0.2, -0.15) is 5.26 Å². The number of hydrogen-bond donors (Lipinski definition) is 0. The van der Waals surface area contributed by atoms with Gasteiger partial charge in [-0.25, -0.2) is 0 Å². The molecule has 0 radical (unpaired) electrons. The summed E-state index contributed by atoms with van der Waals surface area (Å²) in [6, 6.07) is 7.53. The van der Waals surface area contributed by atoms with Crippen LogP contribution in [0.25, 0.3) is 0 Å². The molecule has 0 aromatic heterocycles. The van der Waals surface area contributed by atoms with Gasteiger partial charge in [0.25, 0.3) is 0 Å². The molecule has 0 bridgehead atoms. The second-order valence-electron chi connectivity index (χ2n) is 3.55. The molecule has 0 saturated heterocycles. The van der Waals surface area contributed by atoms with Gasteiger partial charge in [0.1, 0.15) is 12.4 Å². The number of nitriles is 1. The molecule has 0 heterocycles. The summed E-state index contributed by atoms with van der Waals surface area (Å²) in [4.78, 5) is 0. The third-order valence-electron chi connectivity index (χ3n) is 2.15. The molecule has 0 fully saturated rings. The standard InChI is InChI=1S/C13H17NO2/c1-3-6-15-7-8-16-13-9-12(10-14)5-4-11(13)2/h4-5,9H,3,6-8H2,1-2H3. The zero-order valence-corrected chi connectivity index (χ0v) is 9.82. The van der Waals surface area contributed by atoms with Crippen molar-refractivity contribution >= 4 is 0 Å². The predicted octanol–water partition coefficient (Wildman–Crippen LogP) is 2.67. The topological polar surface area (TPSA) is 42.2 Å². The van der Waals surface area contributed by atoms with Gasteiger partial charge in [-0.1, -0.05) is 13.0 Å². The van der Waals surface area contributed by atoms with E-state index in [1.54, 1.807) is 12.1 Å². The van der Waals surface area contributed by atoms with Crippen LogP contribution in [0, 0.1) is 18.3 Å². The van der Waals surface area contributed by atoms with Gasteiger partial charge < -0.3 is 9.47 Å². The zero-order valence-electron chi connectivity index (χ0n) is 9.82. The summed E-state index contributed by atoms with van der Waals surface area (Å²) >= 11 is 0. The predicted molar refractivity (Wildman–Crippen MR) is 62.5 cm³/mol. The summed E-state index contributed by atoms with van der Waals surface area (Å²) in [5.74, 6) is 0.763. The summed E-state index contributed by atoms with van der Waals surface area (Å²) in [5.41, 5.74) is 1.66. The van der Waals surface area contributed by atoms with Gasteiger partial charge in [-0.05, 0) is 31.0 Å². The van der Waals surface area contributed by atoms with Crippen LogP contribution >= 0.6 is 0 Å². The summed E-state index contributed by atoms with van der Waals surface area (Å²) in [6.07, 6.45) is 1.02. The van der Waals surface area contributed by atoms with E-state index in [0.29, 0.717) is 18.8 Å². The Morgan fingerprint density at radius 2 is 2.06 bits per heavy atom. The molecule has 3 nitrogen and oxygen atoms in total. The lowest BCUT2D eigenvalue weighted by Crippen LogP contribution is -2.07. The lowest BCUT2D eigenvalue weighted by molar-refractivity contribution is 0.100. The molecule has 0 aliphatic rings. The Morgan fingerprint density at radius 1 is 1.25 bits per heavy atom. The summed E-state index contributed by atoms with van der Waals surface area (Å²) < 4.78 is 10.9. The van der Waals surface area contributed by atoms with E-state index in [1.165, 1.54) is 0 Å². The van der Waals surface area contributed by atoms with E-state index >= 15 is 0 Å². The Labute approximate surface area is 96.6 Å². The fraction of sp³-hybridized carbons (Fsp3) is 0.462. The molecule has 86 valence electrons. The molecule has 16 heavy (non-hydrogen) atoms. The van der Waals surface area contributed by atoms with Crippen LogP contribution in [0.4, 0.5) is 0 Å². The minimum absolute atomic E-state index is 0.524. The Morgan fingerprint density at radius 3 is 2.75 bits per heavy atom. The number of nitrogens with zero attached hydrogens (tertiary/aromatic N) is 1. The molecule has 3 heteroatoms. The number of hydrogen-bond acceptors (Lipinski definition) is 3. The Kier molecular flexibility index (Phi) is 5.38. The number of benzene rings is 1. The van der Waals surface area contributed by atoms with Crippen LogP contribution in [0.15, 0.2) is 18.2 Å². The minimum Gasteiger partial charge on any atom is -0.491 e. The van der Waals surface area contributed by atoms with Crippen LogP contribution in [-0.2, 0) is 4.74 Å². The highest BCUT2D eigenvalue weighted by Crippen LogP contribution is 2.18. The van der Waals surface area contributed by atoms with Crippen molar-refractivity contribution in [3.8, 4) is 11.8 Å². The molecule has 0 unspecified atom stereocenters. The van der Waals surface area contributed by atoms with Crippen LogP contribution < -0.4 is 4.74 Å². The van der Waals surface area contributed by atoms with Gasteiger partial charge in [0.15, 0.2) is 0 Å². The van der Waals surface area contributed by atoms with Crippen molar-refractivity contribution in [3.05, 3.63) is 29.3 Å². The number of aryl methyl sites for hydroxylation is 1. The van der Waals surface area contributed by atoms with E-state index < -0.39 is 0 Å². The van der Waals surface area contributed by atoms with Gasteiger partial charge in [0, 0.05) is 6.61 Å². The van der Waals surface area contributed by atoms with E-state index in [1.807, 2.05) is 13.0 Å². The van der Waals surface area contributed by atoms with Crippen molar-refractivity contribution in [1.82, 2.24) is 0 Å². The SMILES string of the molecule is CCCOCCOc1cc(C#N)ccc1C. The van der Waals surface area contributed by atoms with Crippen molar-refractivity contribution in [2.75, 3.05) is 19.8 Å². The molecule has 0 aliphatic heterocycles. The lowest BCUT2D eigenvalue weighted by atomic mass is 10.1. The second-order valence-corrected chi connectivity index (χ2v) is 3.55. The van der Waals surface area contributed by atoms with Crippen LogP contribution in [0.2, 0.25) is 0 Å². The normalized spacial score (nSPS) is 9.81. The van der Waals surface area contributed by atoms with Gasteiger partial charge >= 0.3 is 0 Å². The maximum absolute atomic E-state index is 8.76. The van der Waals surface area contributed by atoms with E-state index in [9.17, 15) is 0 Å². The molecule has 0 N–H and O–H groups in total. The summed E-state index contributed by atoms with van der Waals surface area (Å²) in [7, 11) is 0. The van der Waals surface area contributed by atoms with Gasteiger partial charge in [0.05, 0.1) is 18.2 Å². The van der Waals surface area contributed by atoms with Crippen molar-refractivity contribution in [1.29, 1.82) is 5.26 Å². The molecular formula is C13H17NO2. The monoisotopic (exact) mass is 219 g/mol. The summed E-state index contributed by atoms with van der Waals surface area (Å²) in [6.45, 7) is 5.91. The van der Waals surface area contributed by atoms with Crippen molar-refractivity contribution in [2.24, 2.45) is 0 Å². The fourth-order valence-corrected chi connectivity index (χ4v) is 1.28. The summed E-state index contributed by atoms with van der Waals surface area (Å²) in [5, 5.41) is 8.76. The zero-order chi connectivity index (χ0) is 11.8. The molecule has 0 saturated carbocycles. The average molecular weight is 219 g/mol. The maximum atomic E-state index is 8.76. The highest BCUT2D eigenvalue weighted by Gasteiger charge is 2.01. The first-order chi connectivity index (χ1) is 7.77. The number of ether oxygens (including phenoxy) is 2. The van der Waals surface area contributed by atoms with Crippen molar-refractivity contribution in [2.45, 2.75) is 20.3 Å². The van der Waals surface area contributed by atoms with Crippen LogP contribution in [-0.4, -0.2) is 19.8 Å². The molecule has 0 spiro atoms. The van der Waals surface area contributed by atoms with Crippen molar-refractivity contribution < 1.29 is 9.47 Å².